The number of nitro groups is 1. The van der Waals surface area contributed by atoms with Crippen molar-refractivity contribution in [2.45, 2.75) is 6.92 Å². The van der Waals surface area contributed by atoms with Crippen molar-refractivity contribution in [2.75, 3.05) is 5.01 Å². The molecule has 0 spiro atoms. The number of hydrogen-bond donors (Lipinski definition) is 0. The molecule has 1 amide bonds. The Morgan fingerprint density at radius 3 is 2.68 bits per heavy atom. The molecule has 8 heteroatoms. The summed E-state index contributed by atoms with van der Waals surface area (Å²) in [6, 6.07) is 14.1. The van der Waals surface area contributed by atoms with E-state index in [2.05, 4.69) is 10.1 Å². The van der Waals surface area contributed by atoms with Gasteiger partial charge in [0.1, 0.15) is 0 Å². The lowest BCUT2D eigenvalue weighted by atomic mass is 10.1. The molecule has 0 unspecified atom stereocenters. The number of para-hydroxylation sites is 2. The highest BCUT2D eigenvalue weighted by Crippen LogP contribution is 2.32. The first-order chi connectivity index (χ1) is 13.5. The fraction of sp³-hybridized carbons (Fsp3) is 0.0500. The van der Waals surface area contributed by atoms with Crippen LogP contribution in [0.5, 0.6) is 0 Å². The Morgan fingerprint density at radius 1 is 1.14 bits per heavy atom. The Bertz CT molecular complexity index is 1160. The van der Waals surface area contributed by atoms with Crippen molar-refractivity contribution in [2.24, 2.45) is 5.10 Å². The van der Waals surface area contributed by atoms with Crippen LogP contribution in [0, 0.1) is 10.1 Å². The van der Waals surface area contributed by atoms with Gasteiger partial charge in [0.15, 0.2) is 0 Å². The van der Waals surface area contributed by atoms with Crippen LogP contribution >= 0.6 is 11.3 Å². The van der Waals surface area contributed by atoms with Crippen LogP contribution in [0.25, 0.3) is 16.3 Å². The van der Waals surface area contributed by atoms with E-state index in [4.69, 9.17) is 0 Å². The smallest absolute Gasteiger partial charge is 0.267 e. The van der Waals surface area contributed by atoms with E-state index in [1.54, 1.807) is 43.4 Å². The molecule has 0 radical (unpaired) electrons. The first-order valence-corrected chi connectivity index (χ1v) is 9.23. The molecule has 0 N–H and O–H groups in total. The Labute approximate surface area is 164 Å². The van der Waals surface area contributed by atoms with Crippen LogP contribution in [0.4, 0.5) is 10.8 Å². The molecule has 3 aromatic rings. The van der Waals surface area contributed by atoms with Crippen molar-refractivity contribution in [1.29, 1.82) is 0 Å². The van der Waals surface area contributed by atoms with Gasteiger partial charge >= 0.3 is 0 Å². The molecule has 0 atom stereocenters. The molecular weight excluding hydrogens is 376 g/mol. The number of hydrazone groups is 1. The molecule has 2 heterocycles. The lowest BCUT2D eigenvalue weighted by Gasteiger charge is -2.05. The summed E-state index contributed by atoms with van der Waals surface area (Å²) >= 11 is 1.39. The predicted octanol–water partition coefficient (Wildman–Crippen LogP) is 4.57. The van der Waals surface area contributed by atoms with Gasteiger partial charge in [0.05, 0.1) is 32.0 Å². The number of benzene rings is 2. The maximum atomic E-state index is 12.8. The molecule has 1 aliphatic heterocycles. The summed E-state index contributed by atoms with van der Waals surface area (Å²) in [4.78, 5) is 27.9. The van der Waals surface area contributed by atoms with Crippen molar-refractivity contribution in [3.8, 4) is 0 Å². The average molecular weight is 390 g/mol. The van der Waals surface area contributed by atoms with Crippen molar-refractivity contribution in [3.63, 3.8) is 0 Å². The van der Waals surface area contributed by atoms with E-state index < -0.39 is 4.92 Å². The molecule has 28 heavy (non-hydrogen) atoms. The number of amides is 1. The number of allylic oxidation sites excluding steroid dienone is 2. The lowest BCUT2D eigenvalue weighted by molar-refractivity contribution is -0.385. The zero-order chi connectivity index (χ0) is 19.7. The van der Waals surface area contributed by atoms with Crippen LogP contribution in [-0.4, -0.2) is 21.5 Å². The van der Waals surface area contributed by atoms with Crippen molar-refractivity contribution in [3.05, 3.63) is 81.9 Å². The van der Waals surface area contributed by atoms with Gasteiger partial charge in [-0.3, -0.25) is 14.9 Å². The fourth-order valence-electron chi connectivity index (χ4n) is 2.83. The maximum Gasteiger partial charge on any atom is 0.282 e. The zero-order valence-corrected chi connectivity index (χ0v) is 15.6. The van der Waals surface area contributed by atoms with Gasteiger partial charge in [0, 0.05) is 6.07 Å². The molecule has 0 bridgehead atoms. The SMILES string of the molecule is CC1=NN(c2nc3ccccc3s2)C(=O)/C1=C\C=C\c1ccccc1[N+](=O)[O-]. The third-order valence-corrected chi connectivity index (χ3v) is 5.21. The maximum absolute atomic E-state index is 12.8. The van der Waals surface area contributed by atoms with E-state index in [-0.39, 0.29) is 11.6 Å². The highest BCUT2D eigenvalue weighted by molar-refractivity contribution is 7.22. The second kappa shape index (κ2) is 7.16. The molecule has 4 rings (SSSR count). The van der Waals surface area contributed by atoms with Gasteiger partial charge in [-0.1, -0.05) is 41.7 Å². The molecule has 7 nitrogen and oxygen atoms in total. The summed E-state index contributed by atoms with van der Waals surface area (Å²) in [6.07, 6.45) is 4.84. The molecule has 0 saturated heterocycles. The Morgan fingerprint density at radius 2 is 1.89 bits per heavy atom. The molecule has 1 aromatic heterocycles. The van der Waals surface area contributed by atoms with Crippen molar-refractivity contribution < 1.29 is 9.72 Å². The van der Waals surface area contributed by atoms with Crippen LogP contribution in [0.3, 0.4) is 0 Å². The van der Waals surface area contributed by atoms with Crippen LogP contribution < -0.4 is 5.01 Å². The predicted molar refractivity (Wildman–Crippen MR) is 110 cm³/mol. The first kappa shape index (κ1) is 17.7. The van der Waals surface area contributed by atoms with E-state index in [1.807, 2.05) is 24.3 Å². The normalized spacial score (nSPS) is 15.8. The summed E-state index contributed by atoms with van der Waals surface area (Å²) in [7, 11) is 0. The van der Waals surface area contributed by atoms with Gasteiger partial charge in [0.25, 0.3) is 11.6 Å². The number of hydrogen-bond acceptors (Lipinski definition) is 6. The van der Waals surface area contributed by atoms with Gasteiger partial charge in [-0.15, -0.1) is 0 Å². The van der Waals surface area contributed by atoms with Gasteiger partial charge in [-0.05, 0) is 37.3 Å². The molecule has 138 valence electrons. The second-order valence-corrected chi connectivity index (χ2v) is 7.03. The van der Waals surface area contributed by atoms with Gasteiger partial charge in [-0.25, -0.2) is 4.98 Å². The minimum Gasteiger partial charge on any atom is -0.267 e. The molecular formula is C20H14N4O3S. The highest BCUT2D eigenvalue weighted by Gasteiger charge is 2.30. The number of carbonyl (C=O) groups excluding carboxylic acids is 1. The number of nitrogens with zero attached hydrogens (tertiary/aromatic N) is 4. The first-order valence-electron chi connectivity index (χ1n) is 8.42. The summed E-state index contributed by atoms with van der Waals surface area (Å²) in [5.41, 5.74) is 2.28. The van der Waals surface area contributed by atoms with E-state index >= 15 is 0 Å². The third-order valence-electron chi connectivity index (χ3n) is 4.20. The second-order valence-electron chi connectivity index (χ2n) is 6.02. The van der Waals surface area contributed by atoms with E-state index in [1.165, 1.54) is 22.4 Å². The largest absolute Gasteiger partial charge is 0.282 e. The zero-order valence-electron chi connectivity index (χ0n) is 14.8. The lowest BCUT2D eigenvalue weighted by Crippen LogP contribution is -2.21. The number of carbonyl (C=O) groups is 1. The van der Waals surface area contributed by atoms with E-state index in [9.17, 15) is 14.9 Å². The Hall–Kier alpha value is -3.65. The molecule has 0 saturated carbocycles. The summed E-state index contributed by atoms with van der Waals surface area (Å²) in [5.74, 6) is -0.274. The molecule has 1 aliphatic rings. The van der Waals surface area contributed by atoms with Crippen LogP contribution in [0.15, 0.2) is 71.4 Å². The van der Waals surface area contributed by atoms with Crippen LogP contribution in [0.2, 0.25) is 0 Å². The Balaban J connectivity index is 1.61. The monoisotopic (exact) mass is 390 g/mol. The van der Waals surface area contributed by atoms with E-state index in [0.717, 1.165) is 10.2 Å². The van der Waals surface area contributed by atoms with Gasteiger partial charge in [0.2, 0.25) is 5.13 Å². The number of fused-ring (bicyclic) bond motifs is 1. The standard InChI is InChI=1S/C20H14N4O3S/c1-13-15(9-6-8-14-7-2-4-11-17(14)24(26)27)19(25)23(22-13)20-21-16-10-3-5-12-18(16)28-20/h2-12H,1H3/b8-6+,15-9-. The summed E-state index contributed by atoms with van der Waals surface area (Å²) < 4.78 is 0.979. The van der Waals surface area contributed by atoms with Crippen molar-refractivity contribution >= 4 is 50.1 Å². The average Bonchev–Trinajstić information content (AvgIpc) is 3.24. The number of thiazole rings is 1. The molecule has 2 aromatic carbocycles. The Kier molecular flexibility index (Phi) is 4.54. The minimum absolute atomic E-state index is 0.0105. The third kappa shape index (κ3) is 3.21. The van der Waals surface area contributed by atoms with Crippen molar-refractivity contribution in [1.82, 2.24) is 4.98 Å². The summed E-state index contributed by atoms with van der Waals surface area (Å²) in [6.45, 7) is 1.75. The van der Waals surface area contributed by atoms with Gasteiger partial charge < -0.3 is 0 Å². The minimum atomic E-state index is -0.435. The fourth-order valence-corrected chi connectivity index (χ4v) is 3.75. The number of aromatic nitrogens is 1. The molecule has 0 fully saturated rings. The van der Waals surface area contributed by atoms with Crippen LogP contribution in [-0.2, 0) is 4.79 Å². The number of anilines is 1. The summed E-state index contributed by atoms with van der Waals surface area (Å²) in [5, 5.41) is 17.2. The van der Waals surface area contributed by atoms with Crippen LogP contribution in [0.1, 0.15) is 12.5 Å². The topological polar surface area (TPSA) is 88.7 Å². The quantitative estimate of drug-likeness (QED) is 0.371. The number of nitro benzene ring substituents is 1. The van der Waals surface area contributed by atoms with Gasteiger partial charge in [-0.2, -0.15) is 10.1 Å². The highest BCUT2D eigenvalue weighted by atomic mass is 32.1. The number of rotatable bonds is 4. The molecule has 0 aliphatic carbocycles. The van der Waals surface area contributed by atoms with E-state index in [0.29, 0.717) is 22.0 Å².